The maximum absolute atomic E-state index is 13.8. The van der Waals surface area contributed by atoms with Crippen LogP contribution in [0.15, 0.2) is 73.1 Å². The van der Waals surface area contributed by atoms with E-state index in [0.717, 1.165) is 42.4 Å². The Morgan fingerprint density at radius 1 is 0.909 bits per heavy atom. The van der Waals surface area contributed by atoms with Gasteiger partial charge in [0.05, 0.1) is 18.6 Å². The zero-order chi connectivity index (χ0) is 22.6. The second kappa shape index (κ2) is 9.61. The summed E-state index contributed by atoms with van der Waals surface area (Å²) < 4.78 is 1.84. The van der Waals surface area contributed by atoms with Crippen LogP contribution < -0.4 is 0 Å². The molecule has 2 amide bonds. The van der Waals surface area contributed by atoms with Gasteiger partial charge in [0.1, 0.15) is 0 Å². The zero-order valence-corrected chi connectivity index (χ0v) is 18.8. The Bertz CT molecular complexity index is 1100. The molecule has 0 bridgehead atoms. The second-order valence-electron chi connectivity index (χ2n) is 9.04. The van der Waals surface area contributed by atoms with Crippen molar-refractivity contribution in [2.24, 2.45) is 0 Å². The Balaban J connectivity index is 1.40. The molecule has 2 aliphatic heterocycles. The normalized spacial score (nSPS) is 20.9. The van der Waals surface area contributed by atoms with E-state index in [1.165, 1.54) is 0 Å². The van der Waals surface area contributed by atoms with Crippen molar-refractivity contribution in [1.29, 1.82) is 0 Å². The summed E-state index contributed by atoms with van der Waals surface area (Å²) in [7, 11) is 0. The molecule has 2 aliphatic rings. The van der Waals surface area contributed by atoms with Crippen molar-refractivity contribution in [1.82, 2.24) is 19.6 Å². The molecule has 0 saturated carbocycles. The number of nitrogens with zero attached hydrogens (tertiary/aromatic N) is 4. The molecule has 6 nitrogen and oxygen atoms in total. The first kappa shape index (κ1) is 21.4. The molecule has 2 saturated heterocycles. The van der Waals surface area contributed by atoms with E-state index in [1.807, 2.05) is 69.2 Å². The number of carbonyl (C=O) groups is 2. The lowest BCUT2D eigenvalue weighted by atomic mass is 9.95. The van der Waals surface area contributed by atoms with Gasteiger partial charge in [-0.25, -0.2) is 0 Å². The Labute approximate surface area is 194 Å². The van der Waals surface area contributed by atoms with Crippen molar-refractivity contribution in [3.63, 3.8) is 0 Å². The van der Waals surface area contributed by atoms with E-state index in [4.69, 9.17) is 0 Å². The first-order chi connectivity index (χ1) is 16.2. The highest BCUT2D eigenvalue weighted by Gasteiger charge is 2.42. The molecular weight excluding hydrogens is 412 g/mol. The van der Waals surface area contributed by atoms with Crippen molar-refractivity contribution in [2.45, 2.75) is 57.3 Å². The number of rotatable bonds is 5. The van der Waals surface area contributed by atoms with Crippen molar-refractivity contribution >= 4 is 11.8 Å². The maximum atomic E-state index is 13.8. The van der Waals surface area contributed by atoms with E-state index >= 15 is 0 Å². The van der Waals surface area contributed by atoms with Crippen LogP contribution in [0.2, 0.25) is 0 Å². The number of likely N-dealkylation sites (tertiary alicyclic amines) is 2. The molecule has 0 N–H and O–H groups in total. The van der Waals surface area contributed by atoms with Crippen LogP contribution in [0.25, 0.3) is 0 Å². The molecule has 2 aromatic carbocycles. The van der Waals surface area contributed by atoms with E-state index in [0.29, 0.717) is 26.1 Å². The fourth-order valence-corrected chi connectivity index (χ4v) is 5.34. The van der Waals surface area contributed by atoms with Gasteiger partial charge in [-0.2, -0.15) is 5.10 Å². The number of fused-ring (bicyclic) bond motifs is 1. The van der Waals surface area contributed by atoms with E-state index < -0.39 is 0 Å². The molecule has 1 aromatic heterocycles. The van der Waals surface area contributed by atoms with Gasteiger partial charge in [-0.3, -0.25) is 14.3 Å². The summed E-state index contributed by atoms with van der Waals surface area (Å²) in [5.74, 6) is 0.278. The topological polar surface area (TPSA) is 58.4 Å². The standard InChI is InChI=1S/C27H30N4O2/c32-26-14-7-6-13-24-25(31(26)19-21-9-2-1-3-10-21)15-18-30(24)27(33)23-12-5-4-11-22(23)20-29-17-8-16-28-29/h1-5,8-12,16-17,24-25H,6-7,13-15,18-20H2/t24-,25+/m1/s1. The van der Waals surface area contributed by atoms with Gasteiger partial charge in [-0.05, 0) is 42.5 Å². The van der Waals surface area contributed by atoms with Crippen molar-refractivity contribution in [2.75, 3.05) is 6.54 Å². The number of aromatic nitrogens is 2. The van der Waals surface area contributed by atoms with Gasteiger partial charge in [-0.1, -0.05) is 55.0 Å². The molecule has 0 spiro atoms. The lowest BCUT2D eigenvalue weighted by Crippen LogP contribution is -2.49. The van der Waals surface area contributed by atoms with Gasteiger partial charge in [0.25, 0.3) is 5.91 Å². The minimum Gasteiger partial charge on any atom is -0.334 e. The summed E-state index contributed by atoms with van der Waals surface area (Å²) in [6, 6.07) is 20.0. The van der Waals surface area contributed by atoms with Crippen LogP contribution in [0.5, 0.6) is 0 Å². The SMILES string of the molecule is O=C(c1ccccc1Cn1cccn1)N1CC[C@H]2[C@H]1CCCCC(=O)N2Cc1ccccc1. The maximum Gasteiger partial charge on any atom is 0.254 e. The summed E-state index contributed by atoms with van der Waals surface area (Å²) in [5.41, 5.74) is 2.84. The van der Waals surface area contributed by atoms with Gasteiger partial charge in [0.2, 0.25) is 5.91 Å². The molecule has 5 rings (SSSR count). The minimum atomic E-state index is 0.0585. The fourth-order valence-electron chi connectivity index (χ4n) is 5.34. The number of benzene rings is 2. The van der Waals surface area contributed by atoms with Crippen molar-refractivity contribution in [3.8, 4) is 0 Å². The highest BCUT2D eigenvalue weighted by molar-refractivity contribution is 5.96. The number of hydrogen-bond donors (Lipinski definition) is 0. The predicted molar refractivity (Wildman–Crippen MR) is 126 cm³/mol. The molecule has 170 valence electrons. The van der Waals surface area contributed by atoms with Crippen LogP contribution in [0.3, 0.4) is 0 Å². The predicted octanol–water partition coefficient (Wildman–Crippen LogP) is 4.12. The first-order valence-corrected chi connectivity index (χ1v) is 11.9. The van der Waals surface area contributed by atoms with Gasteiger partial charge < -0.3 is 9.80 Å². The lowest BCUT2D eigenvalue weighted by molar-refractivity contribution is -0.135. The van der Waals surface area contributed by atoms with E-state index in [1.54, 1.807) is 6.20 Å². The smallest absolute Gasteiger partial charge is 0.254 e. The van der Waals surface area contributed by atoms with E-state index in [9.17, 15) is 9.59 Å². The average molecular weight is 443 g/mol. The molecule has 0 radical (unpaired) electrons. The zero-order valence-electron chi connectivity index (χ0n) is 18.8. The largest absolute Gasteiger partial charge is 0.334 e. The van der Waals surface area contributed by atoms with E-state index in [2.05, 4.69) is 17.2 Å². The molecule has 2 atom stereocenters. The Morgan fingerprint density at radius 2 is 1.73 bits per heavy atom. The van der Waals surface area contributed by atoms with Crippen molar-refractivity contribution in [3.05, 3.63) is 89.7 Å². The highest BCUT2D eigenvalue weighted by Crippen LogP contribution is 2.32. The Kier molecular flexibility index (Phi) is 6.24. The summed E-state index contributed by atoms with van der Waals surface area (Å²) >= 11 is 0. The van der Waals surface area contributed by atoms with E-state index in [-0.39, 0.29) is 23.9 Å². The van der Waals surface area contributed by atoms with Gasteiger partial charge >= 0.3 is 0 Å². The summed E-state index contributed by atoms with van der Waals surface area (Å²) in [6.07, 6.45) is 7.89. The lowest BCUT2D eigenvalue weighted by Gasteiger charge is -2.37. The third-order valence-electron chi connectivity index (χ3n) is 6.97. The molecule has 33 heavy (non-hydrogen) atoms. The molecule has 0 unspecified atom stereocenters. The Hall–Kier alpha value is -3.41. The monoisotopic (exact) mass is 442 g/mol. The quantitative estimate of drug-likeness (QED) is 0.597. The van der Waals surface area contributed by atoms with Crippen LogP contribution in [0, 0.1) is 0 Å². The summed E-state index contributed by atoms with van der Waals surface area (Å²) in [6.45, 7) is 1.86. The second-order valence-corrected chi connectivity index (χ2v) is 9.04. The molecule has 0 aliphatic carbocycles. The molecular formula is C27H30N4O2. The van der Waals surface area contributed by atoms with Gasteiger partial charge in [0, 0.05) is 37.5 Å². The third kappa shape index (κ3) is 4.56. The fraction of sp³-hybridized carbons (Fsp3) is 0.370. The Morgan fingerprint density at radius 3 is 2.55 bits per heavy atom. The molecule has 3 heterocycles. The number of hydrogen-bond acceptors (Lipinski definition) is 3. The van der Waals surface area contributed by atoms with Crippen LogP contribution >= 0.6 is 0 Å². The van der Waals surface area contributed by atoms with Crippen molar-refractivity contribution < 1.29 is 9.59 Å². The van der Waals surface area contributed by atoms with Crippen LogP contribution in [0.4, 0.5) is 0 Å². The van der Waals surface area contributed by atoms with Gasteiger partial charge in [0.15, 0.2) is 0 Å². The molecule has 6 heteroatoms. The van der Waals surface area contributed by atoms with Gasteiger partial charge in [-0.15, -0.1) is 0 Å². The van der Waals surface area contributed by atoms with Crippen LogP contribution in [-0.4, -0.2) is 50.0 Å². The molecule has 2 fully saturated rings. The van der Waals surface area contributed by atoms with Crippen LogP contribution in [0.1, 0.15) is 53.6 Å². The highest BCUT2D eigenvalue weighted by atomic mass is 16.2. The third-order valence-corrected chi connectivity index (χ3v) is 6.97. The average Bonchev–Trinajstić information content (AvgIpc) is 3.50. The first-order valence-electron chi connectivity index (χ1n) is 11.9. The van der Waals surface area contributed by atoms with Crippen LogP contribution in [-0.2, 0) is 17.9 Å². The number of amides is 2. The molecule has 3 aromatic rings. The summed E-state index contributed by atoms with van der Waals surface area (Å²) in [4.78, 5) is 31.0. The minimum absolute atomic E-state index is 0.0585. The number of carbonyl (C=O) groups excluding carboxylic acids is 2. The summed E-state index contributed by atoms with van der Waals surface area (Å²) in [5, 5.41) is 4.30.